The lowest BCUT2D eigenvalue weighted by molar-refractivity contribution is 0.417. The fraction of sp³-hybridized carbons (Fsp3) is 0.455. The summed E-state index contributed by atoms with van der Waals surface area (Å²) in [7, 11) is -7.05. The standard InChI is InChI=1S/C11H16FNO4S2/c1-9(2)8-13(3)19(16,17)11-6-4-10(5-7-11)18(12,14)15/h4-7,9H,8H2,1-3H3. The van der Waals surface area contributed by atoms with Crippen molar-refractivity contribution in [3.05, 3.63) is 24.3 Å². The SMILES string of the molecule is CC(C)CN(C)S(=O)(=O)c1ccc(S(=O)(=O)F)cc1. The molecule has 0 radical (unpaired) electrons. The number of hydrogen-bond donors (Lipinski definition) is 0. The Bertz CT molecular complexity index is 636. The molecule has 1 aromatic carbocycles. The van der Waals surface area contributed by atoms with E-state index in [-0.39, 0.29) is 10.8 Å². The highest BCUT2D eigenvalue weighted by molar-refractivity contribution is 7.89. The zero-order chi connectivity index (χ0) is 14.8. The molecule has 0 N–H and O–H groups in total. The molecule has 0 heterocycles. The van der Waals surface area contributed by atoms with Crippen LogP contribution in [-0.2, 0) is 20.2 Å². The minimum absolute atomic E-state index is 0.0666. The van der Waals surface area contributed by atoms with Gasteiger partial charge in [0.25, 0.3) is 0 Å². The lowest BCUT2D eigenvalue weighted by Crippen LogP contribution is -2.30. The first kappa shape index (κ1) is 16.1. The van der Waals surface area contributed by atoms with Gasteiger partial charge in [0.15, 0.2) is 0 Å². The van der Waals surface area contributed by atoms with E-state index >= 15 is 0 Å². The number of nitrogens with zero attached hydrogens (tertiary/aromatic N) is 1. The molecule has 0 aliphatic rings. The Morgan fingerprint density at radius 2 is 1.47 bits per heavy atom. The minimum Gasteiger partial charge on any atom is -0.207 e. The fourth-order valence-electron chi connectivity index (χ4n) is 1.57. The first-order valence-corrected chi connectivity index (χ1v) is 8.38. The molecule has 19 heavy (non-hydrogen) atoms. The maximum Gasteiger partial charge on any atom is 0.332 e. The molecular weight excluding hydrogens is 293 g/mol. The third kappa shape index (κ3) is 3.99. The van der Waals surface area contributed by atoms with Crippen LogP contribution in [0.25, 0.3) is 0 Å². The smallest absolute Gasteiger partial charge is 0.207 e. The van der Waals surface area contributed by atoms with E-state index in [2.05, 4.69) is 0 Å². The first-order valence-electron chi connectivity index (χ1n) is 5.56. The molecule has 0 unspecified atom stereocenters. The van der Waals surface area contributed by atoms with Gasteiger partial charge in [0, 0.05) is 13.6 Å². The molecule has 5 nitrogen and oxygen atoms in total. The second-order valence-corrected chi connectivity index (χ2v) is 7.98. The van der Waals surface area contributed by atoms with Gasteiger partial charge in [0.05, 0.1) is 9.79 Å². The molecule has 0 spiro atoms. The Morgan fingerprint density at radius 1 is 1.05 bits per heavy atom. The highest BCUT2D eigenvalue weighted by Crippen LogP contribution is 2.19. The maximum absolute atomic E-state index is 12.7. The van der Waals surface area contributed by atoms with Gasteiger partial charge in [-0.25, -0.2) is 12.7 Å². The van der Waals surface area contributed by atoms with Crippen molar-refractivity contribution in [2.75, 3.05) is 13.6 Å². The lowest BCUT2D eigenvalue weighted by atomic mass is 10.2. The van der Waals surface area contributed by atoms with Gasteiger partial charge in [-0.3, -0.25) is 0 Å². The topological polar surface area (TPSA) is 71.5 Å². The maximum atomic E-state index is 12.7. The number of benzene rings is 1. The van der Waals surface area contributed by atoms with Gasteiger partial charge in [-0.15, -0.1) is 3.89 Å². The van der Waals surface area contributed by atoms with Crippen LogP contribution in [0.2, 0.25) is 0 Å². The zero-order valence-corrected chi connectivity index (χ0v) is 12.5. The summed E-state index contributed by atoms with van der Waals surface area (Å²) in [6.07, 6.45) is 0. The third-order valence-electron chi connectivity index (χ3n) is 2.44. The normalized spacial score (nSPS) is 13.2. The number of halogens is 1. The first-order chi connectivity index (χ1) is 8.55. The zero-order valence-electron chi connectivity index (χ0n) is 10.9. The van der Waals surface area contributed by atoms with Crippen LogP contribution in [0.4, 0.5) is 3.89 Å². The number of sulfonamides is 1. The Balaban J connectivity index is 3.10. The predicted molar refractivity (Wildman–Crippen MR) is 69.4 cm³/mol. The van der Waals surface area contributed by atoms with E-state index in [0.717, 1.165) is 24.3 Å². The van der Waals surface area contributed by atoms with E-state index in [9.17, 15) is 20.7 Å². The van der Waals surface area contributed by atoms with Crippen molar-refractivity contribution in [2.45, 2.75) is 23.6 Å². The molecule has 0 saturated carbocycles. The quantitative estimate of drug-likeness (QED) is 0.775. The Morgan fingerprint density at radius 3 is 1.84 bits per heavy atom. The van der Waals surface area contributed by atoms with Gasteiger partial charge in [-0.1, -0.05) is 13.8 Å². The Hall–Kier alpha value is -0.990. The number of hydrogen-bond acceptors (Lipinski definition) is 4. The Kier molecular flexibility index (Phi) is 4.70. The summed E-state index contributed by atoms with van der Waals surface area (Å²) < 4.78 is 59.4. The summed E-state index contributed by atoms with van der Waals surface area (Å²) in [6, 6.07) is 4.04. The Labute approximate surface area is 113 Å². The predicted octanol–water partition coefficient (Wildman–Crippen LogP) is 1.62. The summed E-state index contributed by atoms with van der Waals surface area (Å²) in [4.78, 5) is -0.624. The van der Waals surface area contributed by atoms with Gasteiger partial charge >= 0.3 is 10.2 Å². The molecule has 108 valence electrons. The van der Waals surface area contributed by atoms with Crippen molar-refractivity contribution in [3.8, 4) is 0 Å². The van der Waals surface area contributed by atoms with Gasteiger partial charge in [-0.05, 0) is 30.2 Å². The summed E-state index contributed by atoms with van der Waals surface area (Å²) in [6.45, 7) is 4.10. The molecule has 0 amide bonds. The molecule has 0 atom stereocenters. The molecule has 0 fully saturated rings. The van der Waals surface area contributed by atoms with Crippen molar-refractivity contribution in [1.29, 1.82) is 0 Å². The van der Waals surface area contributed by atoms with Crippen molar-refractivity contribution in [2.24, 2.45) is 5.92 Å². The van der Waals surface area contributed by atoms with Crippen LogP contribution >= 0.6 is 0 Å². The molecule has 0 aliphatic heterocycles. The number of rotatable bonds is 5. The molecule has 0 saturated heterocycles. The molecule has 1 aromatic rings. The minimum atomic E-state index is -4.81. The molecule has 0 bridgehead atoms. The van der Waals surface area contributed by atoms with Crippen LogP contribution < -0.4 is 0 Å². The van der Waals surface area contributed by atoms with E-state index in [0.29, 0.717) is 6.54 Å². The average molecular weight is 309 g/mol. The van der Waals surface area contributed by atoms with Crippen LogP contribution in [0.3, 0.4) is 0 Å². The third-order valence-corrected chi connectivity index (χ3v) is 5.11. The highest BCUT2D eigenvalue weighted by atomic mass is 32.3. The van der Waals surface area contributed by atoms with Gasteiger partial charge in [0.1, 0.15) is 0 Å². The van der Waals surface area contributed by atoms with E-state index in [1.54, 1.807) is 0 Å². The summed E-state index contributed by atoms with van der Waals surface area (Å²) >= 11 is 0. The fourth-order valence-corrected chi connectivity index (χ4v) is 3.36. The lowest BCUT2D eigenvalue weighted by Gasteiger charge is -2.19. The van der Waals surface area contributed by atoms with E-state index in [1.807, 2.05) is 13.8 Å². The van der Waals surface area contributed by atoms with Gasteiger partial charge < -0.3 is 0 Å². The van der Waals surface area contributed by atoms with E-state index in [1.165, 1.54) is 11.4 Å². The molecule has 0 aliphatic carbocycles. The second-order valence-electron chi connectivity index (χ2n) is 4.59. The summed E-state index contributed by atoms with van der Waals surface area (Å²) in [5, 5.41) is 0. The van der Waals surface area contributed by atoms with E-state index < -0.39 is 25.1 Å². The van der Waals surface area contributed by atoms with Gasteiger partial charge in [0.2, 0.25) is 10.0 Å². The monoisotopic (exact) mass is 309 g/mol. The van der Waals surface area contributed by atoms with Crippen LogP contribution in [-0.4, -0.2) is 34.7 Å². The molecular formula is C11H16FNO4S2. The summed E-state index contributed by atoms with van der Waals surface area (Å²) in [5.74, 6) is 0.158. The second kappa shape index (κ2) is 5.56. The highest BCUT2D eigenvalue weighted by Gasteiger charge is 2.22. The summed E-state index contributed by atoms with van der Waals surface area (Å²) in [5.41, 5.74) is 0. The van der Waals surface area contributed by atoms with Crippen LogP contribution in [0.15, 0.2) is 34.1 Å². The van der Waals surface area contributed by atoms with Gasteiger partial charge in [-0.2, -0.15) is 8.42 Å². The molecule has 0 aromatic heterocycles. The van der Waals surface area contributed by atoms with Crippen molar-refractivity contribution < 1.29 is 20.7 Å². The molecule has 1 rings (SSSR count). The average Bonchev–Trinajstić information content (AvgIpc) is 2.27. The van der Waals surface area contributed by atoms with E-state index in [4.69, 9.17) is 0 Å². The van der Waals surface area contributed by atoms with Crippen molar-refractivity contribution >= 4 is 20.2 Å². The van der Waals surface area contributed by atoms with Crippen molar-refractivity contribution in [1.82, 2.24) is 4.31 Å². The van der Waals surface area contributed by atoms with Crippen molar-refractivity contribution in [3.63, 3.8) is 0 Å². The van der Waals surface area contributed by atoms with Crippen LogP contribution in [0.1, 0.15) is 13.8 Å². The van der Waals surface area contributed by atoms with Crippen LogP contribution in [0, 0.1) is 5.92 Å². The van der Waals surface area contributed by atoms with Crippen LogP contribution in [0.5, 0.6) is 0 Å². The molecule has 8 heteroatoms. The largest absolute Gasteiger partial charge is 0.332 e.